The zero-order chi connectivity index (χ0) is 11.8. The monoisotopic (exact) mass is 228 g/mol. The van der Waals surface area contributed by atoms with E-state index in [9.17, 15) is 4.79 Å². The lowest BCUT2D eigenvalue weighted by molar-refractivity contribution is -0.131. The molecule has 1 aliphatic rings. The van der Waals surface area contributed by atoms with Crippen LogP contribution in [0.15, 0.2) is 0 Å². The third-order valence-electron chi connectivity index (χ3n) is 3.01. The molecule has 0 radical (unpaired) electrons. The van der Waals surface area contributed by atoms with Gasteiger partial charge in [0.05, 0.1) is 6.10 Å². The Bertz CT molecular complexity index is 191. The van der Waals surface area contributed by atoms with Crippen LogP contribution in [0.3, 0.4) is 0 Å². The highest BCUT2D eigenvalue weighted by molar-refractivity contribution is 5.83. The molecule has 16 heavy (non-hydrogen) atoms. The fourth-order valence-corrected chi connectivity index (χ4v) is 2.14. The molecule has 0 aromatic heterocycles. The van der Waals surface area contributed by atoms with Gasteiger partial charge in [0.1, 0.15) is 6.10 Å². The quantitative estimate of drug-likeness (QED) is 0.641. The van der Waals surface area contributed by atoms with E-state index in [1.807, 2.05) is 6.92 Å². The van der Waals surface area contributed by atoms with Crippen LogP contribution < -0.4 is 0 Å². The van der Waals surface area contributed by atoms with Gasteiger partial charge in [-0.25, -0.2) is 0 Å². The molecule has 2 unspecified atom stereocenters. The van der Waals surface area contributed by atoms with Crippen LogP contribution in [-0.4, -0.2) is 31.2 Å². The summed E-state index contributed by atoms with van der Waals surface area (Å²) in [4.78, 5) is 11.9. The largest absolute Gasteiger partial charge is 0.378 e. The second kappa shape index (κ2) is 7.80. The minimum Gasteiger partial charge on any atom is -0.378 e. The first-order valence-corrected chi connectivity index (χ1v) is 6.53. The van der Waals surface area contributed by atoms with Crippen molar-refractivity contribution >= 4 is 5.78 Å². The second-order valence-corrected chi connectivity index (χ2v) is 4.37. The Balaban J connectivity index is 2.24. The van der Waals surface area contributed by atoms with Gasteiger partial charge < -0.3 is 9.47 Å². The predicted molar refractivity (Wildman–Crippen MR) is 63.5 cm³/mol. The third kappa shape index (κ3) is 4.62. The highest BCUT2D eigenvalue weighted by Crippen LogP contribution is 2.18. The van der Waals surface area contributed by atoms with Gasteiger partial charge in [-0.1, -0.05) is 13.3 Å². The van der Waals surface area contributed by atoms with Crippen LogP contribution in [0.25, 0.3) is 0 Å². The smallest absolute Gasteiger partial charge is 0.161 e. The highest BCUT2D eigenvalue weighted by Gasteiger charge is 2.21. The van der Waals surface area contributed by atoms with Crippen molar-refractivity contribution in [3.8, 4) is 0 Å². The fourth-order valence-electron chi connectivity index (χ4n) is 2.14. The maximum Gasteiger partial charge on any atom is 0.161 e. The molecule has 0 bridgehead atoms. The lowest BCUT2D eigenvalue weighted by Gasteiger charge is -2.16. The molecule has 0 aromatic carbocycles. The number of ketones is 1. The van der Waals surface area contributed by atoms with E-state index in [1.165, 1.54) is 0 Å². The molecule has 1 saturated heterocycles. The van der Waals surface area contributed by atoms with Gasteiger partial charge in [-0.3, -0.25) is 4.79 Å². The molecular formula is C13H24O3. The third-order valence-corrected chi connectivity index (χ3v) is 3.01. The van der Waals surface area contributed by atoms with Gasteiger partial charge in [0, 0.05) is 19.6 Å². The zero-order valence-electron chi connectivity index (χ0n) is 10.5. The van der Waals surface area contributed by atoms with E-state index in [0.717, 1.165) is 38.7 Å². The summed E-state index contributed by atoms with van der Waals surface area (Å²) in [6.45, 7) is 5.51. The summed E-state index contributed by atoms with van der Waals surface area (Å²) in [6.07, 6.45) is 5.70. The molecule has 1 aliphatic heterocycles. The minimum absolute atomic E-state index is 0.184. The molecule has 2 atom stereocenters. The van der Waals surface area contributed by atoms with E-state index < -0.39 is 0 Å². The number of carbonyl (C=O) groups is 1. The summed E-state index contributed by atoms with van der Waals surface area (Å²) in [5, 5.41) is 0. The number of carbonyl (C=O) groups excluding carboxylic acids is 1. The number of rotatable bonds is 8. The van der Waals surface area contributed by atoms with Gasteiger partial charge in [0.15, 0.2) is 5.78 Å². The lowest BCUT2D eigenvalue weighted by atomic mass is 10.0. The SMILES string of the molecule is CCCC(OCC)C(=O)CCC1CCCO1. The predicted octanol–water partition coefficient (Wildman–Crippen LogP) is 2.72. The van der Waals surface area contributed by atoms with Crippen LogP contribution in [0.1, 0.15) is 52.4 Å². The summed E-state index contributed by atoms with van der Waals surface area (Å²) >= 11 is 0. The van der Waals surface area contributed by atoms with Gasteiger partial charge in [0.25, 0.3) is 0 Å². The average molecular weight is 228 g/mol. The highest BCUT2D eigenvalue weighted by atomic mass is 16.5. The molecular weight excluding hydrogens is 204 g/mol. The maximum atomic E-state index is 11.9. The summed E-state index contributed by atoms with van der Waals surface area (Å²) in [5.41, 5.74) is 0. The topological polar surface area (TPSA) is 35.5 Å². The summed E-state index contributed by atoms with van der Waals surface area (Å²) in [5.74, 6) is 0.249. The van der Waals surface area contributed by atoms with E-state index in [1.54, 1.807) is 0 Å². The fraction of sp³-hybridized carbons (Fsp3) is 0.923. The molecule has 0 N–H and O–H groups in total. The summed E-state index contributed by atoms with van der Waals surface area (Å²) in [7, 11) is 0. The van der Waals surface area contributed by atoms with Crippen LogP contribution in [0.2, 0.25) is 0 Å². The first-order chi connectivity index (χ1) is 7.77. The second-order valence-electron chi connectivity index (χ2n) is 4.37. The normalized spacial score (nSPS) is 22.2. The number of hydrogen-bond acceptors (Lipinski definition) is 3. The molecule has 1 rings (SSSR count). The molecule has 3 heteroatoms. The Kier molecular flexibility index (Phi) is 6.65. The first kappa shape index (κ1) is 13.7. The molecule has 3 nitrogen and oxygen atoms in total. The van der Waals surface area contributed by atoms with Crippen LogP contribution >= 0.6 is 0 Å². The van der Waals surface area contributed by atoms with Crippen molar-refractivity contribution in [3.63, 3.8) is 0 Å². The number of Topliss-reactive ketones (excluding diaryl/α,β-unsaturated/α-hetero) is 1. The number of hydrogen-bond donors (Lipinski definition) is 0. The Labute approximate surface area is 98.5 Å². The molecule has 0 saturated carbocycles. The van der Waals surface area contributed by atoms with E-state index in [0.29, 0.717) is 19.1 Å². The Hall–Kier alpha value is -0.410. The molecule has 1 fully saturated rings. The Morgan fingerprint density at radius 3 is 2.88 bits per heavy atom. The van der Waals surface area contributed by atoms with E-state index in [-0.39, 0.29) is 11.9 Å². The summed E-state index contributed by atoms with van der Waals surface area (Å²) in [6, 6.07) is 0. The van der Waals surface area contributed by atoms with Gasteiger partial charge >= 0.3 is 0 Å². The molecule has 0 aromatic rings. The van der Waals surface area contributed by atoms with Crippen LogP contribution in [-0.2, 0) is 14.3 Å². The van der Waals surface area contributed by atoms with Gasteiger partial charge in [0.2, 0.25) is 0 Å². The molecule has 1 heterocycles. The Morgan fingerprint density at radius 2 is 2.31 bits per heavy atom. The van der Waals surface area contributed by atoms with Crippen molar-refractivity contribution in [3.05, 3.63) is 0 Å². The van der Waals surface area contributed by atoms with Crippen molar-refractivity contribution in [2.24, 2.45) is 0 Å². The van der Waals surface area contributed by atoms with Crippen molar-refractivity contribution in [1.29, 1.82) is 0 Å². The molecule has 94 valence electrons. The maximum absolute atomic E-state index is 11.9. The average Bonchev–Trinajstić information content (AvgIpc) is 2.78. The van der Waals surface area contributed by atoms with Crippen LogP contribution in [0.4, 0.5) is 0 Å². The minimum atomic E-state index is -0.184. The van der Waals surface area contributed by atoms with Crippen molar-refractivity contribution in [2.45, 2.75) is 64.6 Å². The molecule has 0 amide bonds. The first-order valence-electron chi connectivity index (χ1n) is 6.53. The standard InChI is InChI=1S/C13H24O3/c1-3-6-13(15-4-2)12(14)9-8-11-7-5-10-16-11/h11,13H,3-10H2,1-2H3. The molecule has 0 spiro atoms. The summed E-state index contributed by atoms with van der Waals surface area (Å²) < 4.78 is 11.0. The van der Waals surface area contributed by atoms with E-state index in [4.69, 9.17) is 9.47 Å². The van der Waals surface area contributed by atoms with Gasteiger partial charge in [-0.2, -0.15) is 0 Å². The van der Waals surface area contributed by atoms with Crippen LogP contribution in [0.5, 0.6) is 0 Å². The van der Waals surface area contributed by atoms with Crippen molar-refractivity contribution in [2.75, 3.05) is 13.2 Å². The van der Waals surface area contributed by atoms with Crippen LogP contribution in [0, 0.1) is 0 Å². The zero-order valence-corrected chi connectivity index (χ0v) is 10.5. The lowest BCUT2D eigenvalue weighted by Crippen LogP contribution is -2.25. The van der Waals surface area contributed by atoms with Gasteiger partial charge in [-0.15, -0.1) is 0 Å². The Morgan fingerprint density at radius 1 is 1.50 bits per heavy atom. The van der Waals surface area contributed by atoms with E-state index >= 15 is 0 Å². The molecule has 0 aliphatic carbocycles. The van der Waals surface area contributed by atoms with Gasteiger partial charge in [-0.05, 0) is 32.6 Å². The number of ether oxygens (including phenoxy) is 2. The van der Waals surface area contributed by atoms with Crippen molar-refractivity contribution in [1.82, 2.24) is 0 Å². The van der Waals surface area contributed by atoms with Crippen molar-refractivity contribution < 1.29 is 14.3 Å². The van der Waals surface area contributed by atoms with E-state index in [2.05, 4.69) is 6.92 Å².